The number of likely N-dealkylation sites (N-methyl/N-ethyl adjacent to an activating group) is 1. The van der Waals surface area contributed by atoms with Gasteiger partial charge in [-0.15, -0.1) is 4.37 Å². The fraction of sp³-hybridized carbons (Fsp3) is 0.844. The van der Waals surface area contributed by atoms with Gasteiger partial charge in [0.25, 0.3) is 5.88 Å². The molecule has 0 aromatic carbocycles. The Bertz CT molecular complexity index is 870. The van der Waals surface area contributed by atoms with E-state index >= 15 is 0 Å². The van der Waals surface area contributed by atoms with Crippen LogP contribution in [-0.4, -0.2) is 65.4 Å². The van der Waals surface area contributed by atoms with Crippen LogP contribution in [-0.2, 0) is 14.3 Å². The molecule has 7 nitrogen and oxygen atoms in total. The SMILES string of the molecule is CCCCCCCCCCCC(=O)OC(C1CCOCC1)[N+]1(C)CCC=C(c2nsnc2OCCCCCC)C1. The predicted molar refractivity (Wildman–Crippen MR) is 163 cm³/mol. The predicted octanol–water partition coefficient (Wildman–Crippen LogP) is 7.95. The van der Waals surface area contributed by atoms with Gasteiger partial charge in [-0.25, -0.2) is 0 Å². The van der Waals surface area contributed by atoms with Gasteiger partial charge >= 0.3 is 5.97 Å². The van der Waals surface area contributed by atoms with Crippen LogP contribution < -0.4 is 4.74 Å². The smallest absolute Gasteiger partial charge is 0.310 e. The van der Waals surface area contributed by atoms with Crippen LogP contribution in [0.1, 0.15) is 129 Å². The third-order valence-electron chi connectivity index (χ3n) is 8.58. The number of unbranched alkanes of at least 4 members (excludes halogenated alkanes) is 11. The van der Waals surface area contributed by atoms with Crippen molar-refractivity contribution < 1.29 is 23.5 Å². The summed E-state index contributed by atoms with van der Waals surface area (Å²) in [7, 11) is 2.25. The monoisotopic (exact) mass is 578 g/mol. The molecule has 0 saturated carbocycles. The number of nitrogens with zero attached hydrogens (tertiary/aromatic N) is 3. The van der Waals surface area contributed by atoms with Gasteiger partial charge in [0.1, 0.15) is 12.2 Å². The normalized spacial score (nSPS) is 20.7. The number of hydrogen-bond donors (Lipinski definition) is 0. The Balaban J connectivity index is 1.55. The summed E-state index contributed by atoms with van der Waals surface area (Å²) in [5.41, 5.74) is 2.04. The Hall–Kier alpha value is -1.51. The van der Waals surface area contributed by atoms with Gasteiger partial charge < -0.3 is 14.2 Å². The van der Waals surface area contributed by atoms with Gasteiger partial charge in [-0.2, -0.15) is 4.37 Å². The van der Waals surface area contributed by atoms with Crippen LogP contribution in [0, 0.1) is 5.92 Å². The van der Waals surface area contributed by atoms with Crippen LogP contribution in [0.2, 0.25) is 0 Å². The maximum atomic E-state index is 13.1. The molecule has 0 aliphatic carbocycles. The van der Waals surface area contributed by atoms with Crippen LogP contribution in [0.15, 0.2) is 6.08 Å². The molecule has 1 aromatic heterocycles. The molecule has 0 spiro atoms. The number of carbonyl (C=O) groups excluding carboxylic acids is 1. The van der Waals surface area contributed by atoms with Crippen LogP contribution in [0.4, 0.5) is 0 Å². The molecule has 8 heteroatoms. The first-order valence-electron chi connectivity index (χ1n) is 16.3. The average Bonchev–Trinajstić information content (AvgIpc) is 3.44. The first-order valence-corrected chi connectivity index (χ1v) is 17.1. The Morgan fingerprint density at radius 1 is 0.975 bits per heavy atom. The molecule has 1 fully saturated rings. The van der Waals surface area contributed by atoms with Gasteiger partial charge in [0.2, 0.25) is 6.23 Å². The lowest BCUT2D eigenvalue weighted by Gasteiger charge is -2.46. The molecule has 228 valence electrons. The zero-order valence-corrected chi connectivity index (χ0v) is 26.5. The summed E-state index contributed by atoms with van der Waals surface area (Å²) in [4.78, 5) is 13.1. The number of esters is 1. The zero-order chi connectivity index (χ0) is 28.5. The second kappa shape index (κ2) is 18.8. The maximum absolute atomic E-state index is 13.1. The van der Waals surface area contributed by atoms with Crippen molar-refractivity contribution in [2.45, 2.75) is 129 Å². The first-order chi connectivity index (χ1) is 19.6. The minimum atomic E-state index is -0.163. The molecule has 0 amide bonds. The molecule has 0 N–H and O–H groups in total. The van der Waals surface area contributed by atoms with E-state index in [2.05, 4.69) is 35.7 Å². The molecule has 1 aromatic rings. The molecule has 0 bridgehead atoms. The van der Waals surface area contributed by atoms with Crippen LogP contribution in [0.25, 0.3) is 5.57 Å². The topological polar surface area (TPSA) is 70.5 Å². The van der Waals surface area contributed by atoms with E-state index in [1.807, 2.05) is 0 Å². The average molecular weight is 579 g/mol. The van der Waals surface area contributed by atoms with Gasteiger partial charge in [0.15, 0.2) is 0 Å². The molecular formula is C32H56N3O4S+. The Morgan fingerprint density at radius 3 is 2.33 bits per heavy atom. The number of hydrogen-bond acceptors (Lipinski definition) is 7. The standard InChI is InChI=1S/C32H56N3O4S/c1-4-6-8-10-11-12-13-14-15-19-29(36)39-32(27-20-24-37-25-21-27)35(3)22-17-18-28(26-35)30-31(34-40-33-30)38-23-16-9-7-5-2/h18,27,32H,4-17,19-26H2,1-3H3/q+1. The van der Waals surface area contributed by atoms with Gasteiger partial charge in [-0.3, -0.25) is 9.28 Å². The molecule has 2 aliphatic heterocycles. The lowest BCUT2D eigenvalue weighted by molar-refractivity contribution is -0.951. The third kappa shape index (κ3) is 11.1. The fourth-order valence-electron chi connectivity index (χ4n) is 6.13. The molecule has 0 radical (unpaired) electrons. The van der Waals surface area contributed by atoms with Gasteiger partial charge in [-0.05, 0) is 25.7 Å². The maximum Gasteiger partial charge on any atom is 0.310 e. The molecule has 2 aliphatic rings. The highest BCUT2D eigenvalue weighted by Crippen LogP contribution is 2.36. The van der Waals surface area contributed by atoms with Gasteiger partial charge in [0.05, 0.1) is 37.8 Å². The van der Waals surface area contributed by atoms with Crippen molar-refractivity contribution >= 4 is 23.3 Å². The van der Waals surface area contributed by atoms with Crippen LogP contribution in [0.3, 0.4) is 0 Å². The fourth-order valence-corrected chi connectivity index (χ4v) is 6.66. The summed E-state index contributed by atoms with van der Waals surface area (Å²) in [6.07, 6.45) is 21.3. The molecule has 1 saturated heterocycles. The summed E-state index contributed by atoms with van der Waals surface area (Å²) in [5, 5.41) is 0. The number of carbonyl (C=O) groups is 1. The third-order valence-corrected chi connectivity index (χ3v) is 9.09. The molecule has 2 unspecified atom stereocenters. The number of aromatic nitrogens is 2. The van der Waals surface area contributed by atoms with E-state index in [0.717, 1.165) is 76.1 Å². The molecule has 2 atom stereocenters. The Labute approximate surface area is 248 Å². The molecule has 40 heavy (non-hydrogen) atoms. The highest BCUT2D eigenvalue weighted by atomic mass is 32.1. The number of ether oxygens (including phenoxy) is 3. The highest BCUT2D eigenvalue weighted by Gasteiger charge is 2.44. The van der Waals surface area contributed by atoms with Crippen molar-refractivity contribution in [3.63, 3.8) is 0 Å². The summed E-state index contributed by atoms with van der Waals surface area (Å²) < 4.78 is 27.9. The van der Waals surface area contributed by atoms with E-state index in [1.165, 1.54) is 75.9 Å². The van der Waals surface area contributed by atoms with E-state index in [4.69, 9.17) is 14.2 Å². The quantitative estimate of drug-likeness (QED) is 0.0888. The van der Waals surface area contributed by atoms with E-state index in [0.29, 0.717) is 29.3 Å². The van der Waals surface area contributed by atoms with Crippen molar-refractivity contribution in [3.8, 4) is 5.88 Å². The van der Waals surface area contributed by atoms with Gasteiger partial charge in [-0.1, -0.05) is 90.6 Å². The largest absolute Gasteiger partial charge is 0.475 e. The minimum absolute atomic E-state index is 0.0404. The van der Waals surface area contributed by atoms with E-state index in [9.17, 15) is 4.79 Å². The van der Waals surface area contributed by atoms with Crippen LogP contribution >= 0.6 is 11.7 Å². The van der Waals surface area contributed by atoms with E-state index in [1.54, 1.807) is 0 Å². The summed E-state index contributed by atoms with van der Waals surface area (Å²) in [6.45, 7) is 8.36. The summed E-state index contributed by atoms with van der Waals surface area (Å²) in [6, 6.07) is 0. The van der Waals surface area contributed by atoms with Crippen molar-refractivity contribution in [1.29, 1.82) is 0 Å². The first kappa shape index (κ1) is 33.0. The van der Waals surface area contributed by atoms with Crippen LogP contribution in [0.5, 0.6) is 5.88 Å². The zero-order valence-electron chi connectivity index (χ0n) is 25.7. The lowest BCUT2D eigenvalue weighted by atomic mass is 9.93. The molecule has 3 rings (SSSR count). The van der Waals surface area contributed by atoms with Gasteiger partial charge in [0, 0.05) is 31.6 Å². The highest BCUT2D eigenvalue weighted by molar-refractivity contribution is 6.99. The Morgan fingerprint density at radius 2 is 1.62 bits per heavy atom. The van der Waals surface area contributed by atoms with Crippen molar-refractivity contribution in [2.24, 2.45) is 5.92 Å². The number of rotatable bonds is 20. The van der Waals surface area contributed by atoms with Crippen molar-refractivity contribution in [3.05, 3.63) is 11.8 Å². The van der Waals surface area contributed by atoms with E-state index < -0.39 is 0 Å². The number of quaternary nitrogens is 1. The second-order valence-corrected chi connectivity index (χ2v) is 12.6. The summed E-state index contributed by atoms with van der Waals surface area (Å²) in [5.74, 6) is 0.931. The lowest BCUT2D eigenvalue weighted by Crippen LogP contribution is -2.60. The minimum Gasteiger partial charge on any atom is -0.475 e. The van der Waals surface area contributed by atoms with Crippen molar-refractivity contribution in [1.82, 2.24) is 8.75 Å². The molecular weight excluding hydrogens is 522 g/mol. The summed E-state index contributed by atoms with van der Waals surface area (Å²) >= 11 is 1.22. The van der Waals surface area contributed by atoms with Crippen molar-refractivity contribution in [2.75, 3.05) is 40.0 Å². The van der Waals surface area contributed by atoms with E-state index in [-0.39, 0.29) is 12.2 Å². The Kier molecular flexibility index (Phi) is 15.5. The molecule has 3 heterocycles. The second-order valence-electron chi connectivity index (χ2n) is 12.1.